The highest BCUT2D eigenvalue weighted by atomic mass is 19.1. The van der Waals surface area contributed by atoms with Gasteiger partial charge < -0.3 is 10.2 Å². The van der Waals surface area contributed by atoms with Gasteiger partial charge in [0, 0.05) is 37.4 Å². The Morgan fingerprint density at radius 3 is 2.59 bits per heavy atom. The van der Waals surface area contributed by atoms with Crippen molar-refractivity contribution in [2.75, 3.05) is 12.4 Å². The van der Waals surface area contributed by atoms with Crippen molar-refractivity contribution in [3.8, 4) is 11.1 Å². The van der Waals surface area contributed by atoms with Crippen LogP contribution in [0.1, 0.15) is 17.9 Å². The van der Waals surface area contributed by atoms with Gasteiger partial charge in [0.25, 0.3) is 11.5 Å². The first kappa shape index (κ1) is 21.1. The van der Waals surface area contributed by atoms with Gasteiger partial charge in [0.15, 0.2) is 0 Å². The molecule has 0 spiro atoms. The summed E-state index contributed by atoms with van der Waals surface area (Å²) in [6.45, 7) is 0. The summed E-state index contributed by atoms with van der Waals surface area (Å²) in [4.78, 5) is 38.6. The molecule has 32 heavy (non-hydrogen) atoms. The Labute approximate surface area is 181 Å². The number of aromatic nitrogens is 2. The van der Waals surface area contributed by atoms with Crippen LogP contribution in [0.5, 0.6) is 0 Å². The molecule has 2 aromatic carbocycles. The number of anilines is 1. The standard InChI is InChI=1S/C23H18F2N4O3/c1-29-12-18(17(11-21(29)30)13-2-5-15(24)6-3-13)22(31)27-20-10-14(4-7-19(20)25)16-8-9-26-28-23(16)32/h2-10,12,17H,11H2,1H3,(H,27,31)(H,28,32)/t17-/m0/s1. The number of H-pyrrole nitrogens is 1. The lowest BCUT2D eigenvalue weighted by atomic mass is 9.85. The quantitative estimate of drug-likeness (QED) is 0.657. The smallest absolute Gasteiger partial charge is 0.272 e. The number of carbonyl (C=O) groups is 2. The molecule has 9 heteroatoms. The summed E-state index contributed by atoms with van der Waals surface area (Å²) in [5.41, 5.74) is 0.897. The van der Waals surface area contributed by atoms with Crippen LogP contribution < -0.4 is 10.9 Å². The molecule has 4 rings (SSSR count). The molecule has 162 valence electrons. The summed E-state index contributed by atoms with van der Waals surface area (Å²) in [5, 5.41) is 8.47. The van der Waals surface area contributed by atoms with E-state index in [9.17, 15) is 23.2 Å². The van der Waals surface area contributed by atoms with Crippen molar-refractivity contribution in [2.45, 2.75) is 12.3 Å². The van der Waals surface area contributed by atoms with Crippen LogP contribution in [0.15, 0.2) is 71.3 Å². The molecular weight excluding hydrogens is 418 g/mol. The van der Waals surface area contributed by atoms with E-state index in [4.69, 9.17) is 0 Å². The fourth-order valence-corrected chi connectivity index (χ4v) is 3.56. The van der Waals surface area contributed by atoms with E-state index in [0.717, 1.165) is 6.07 Å². The summed E-state index contributed by atoms with van der Waals surface area (Å²) in [6, 6.07) is 10.9. The topological polar surface area (TPSA) is 95.2 Å². The van der Waals surface area contributed by atoms with Gasteiger partial charge in [-0.3, -0.25) is 14.4 Å². The fourth-order valence-electron chi connectivity index (χ4n) is 3.56. The molecule has 7 nitrogen and oxygen atoms in total. The minimum Gasteiger partial charge on any atom is -0.322 e. The van der Waals surface area contributed by atoms with Gasteiger partial charge in [0.1, 0.15) is 11.6 Å². The first-order chi connectivity index (χ1) is 15.3. The van der Waals surface area contributed by atoms with Gasteiger partial charge in [-0.1, -0.05) is 18.2 Å². The molecular formula is C23H18F2N4O3. The monoisotopic (exact) mass is 436 g/mol. The highest BCUT2D eigenvalue weighted by Crippen LogP contribution is 2.33. The van der Waals surface area contributed by atoms with Crippen LogP contribution >= 0.6 is 0 Å². The van der Waals surface area contributed by atoms with Crippen LogP contribution in [0, 0.1) is 11.6 Å². The van der Waals surface area contributed by atoms with E-state index in [1.165, 1.54) is 66.8 Å². The predicted molar refractivity (Wildman–Crippen MR) is 113 cm³/mol. The van der Waals surface area contributed by atoms with Gasteiger partial charge in [-0.25, -0.2) is 13.9 Å². The van der Waals surface area contributed by atoms with Crippen LogP contribution in [0.2, 0.25) is 0 Å². The van der Waals surface area contributed by atoms with E-state index in [1.807, 2.05) is 0 Å². The van der Waals surface area contributed by atoms with Crippen LogP contribution in [0.4, 0.5) is 14.5 Å². The summed E-state index contributed by atoms with van der Waals surface area (Å²) in [5.74, 6) is -2.56. The van der Waals surface area contributed by atoms with E-state index >= 15 is 0 Å². The maximum Gasteiger partial charge on any atom is 0.272 e. The summed E-state index contributed by atoms with van der Waals surface area (Å²) < 4.78 is 27.8. The molecule has 1 atom stereocenters. The molecule has 1 aliphatic heterocycles. The lowest BCUT2D eigenvalue weighted by Gasteiger charge is -2.28. The molecule has 0 unspecified atom stereocenters. The maximum atomic E-state index is 14.5. The zero-order valence-electron chi connectivity index (χ0n) is 16.9. The van der Waals surface area contributed by atoms with Crippen molar-refractivity contribution >= 4 is 17.5 Å². The Morgan fingerprint density at radius 1 is 1.12 bits per heavy atom. The Hall–Kier alpha value is -4.14. The van der Waals surface area contributed by atoms with Crippen molar-refractivity contribution in [2.24, 2.45) is 0 Å². The highest BCUT2D eigenvalue weighted by Gasteiger charge is 2.31. The van der Waals surface area contributed by atoms with Crippen LogP contribution in [0.3, 0.4) is 0 Å². The SMILES string of the molecule is CN1C=C(C(=O)Nc2cc(-c3ccn[nH]c3=O)ccc2F)[C@H](c2ccc(F)cc2)CC1=O. The average Bonchev–Trinajstić information content (AvgIpc) is 2.78. The fraction of sp³-hybridized carbons (Fsp3) is 0.130. The lowest BCUT2D eigenvalue weighted by Crippen LogP contribution is -2.33. The molecule has 1 aliphatic rings. The molecule has 2 N–H and O–H groups in total. The molecule has 1 aromatic heterocycles. The van der Waals surface area contributed by atoms with Gasteiger partial charge in [0.2, 0.25) is 5.91 Å². The molecule has 0 saturated heterocycles. The van der Waals surface area contributed by atoms with Crippen molar-refractivity contribution in [1.29, 1.82) is 0 Å². The first-order valence-corrected chi connectivity index (χ1v) is 9.71. The Bertz CT molecular complexity index is 1280. The Morgan fingerprint density at radius 2 is 1.88 bits per heavy atom. The number of amides is 2. The van der Waals surface area contributed by atoms with Gasteiger partial charge in [-0.2, -0.15) is 5.10 Å². The zero-order valence-corrected chi connectivity index (χ0v) is 16.9. The first-order valence-electron chi connectivity index (χ1n) is 9.71. The minimum absolute atomic E-state index is 0.0102. The average molecular weight is 436 g/mol. The number of halogens is 2. The second kappa shape index (κ2) is 8.54. The van der Waals surface area contributed by atoms with Gasteiger partial charge in [-0.05, 0) is 41.5 Å². The van der Waals surface area contributed by atoms with E-state index in [2.05, 4.69) is 15.5 Å². The minimum atomic E-state index is -0.688. The Kier molecular flexibility index (Phi) is 5.63. The van der Waals surface area contributed by atoms with Crippen molar-refractivity contribution < 1.29 is 18.4 Å². The Balaban J connectivity index is 1.67. The second-order valence-corrected chi connectivity index (χ2v) is 7.35. The van der Waals surface area contributed by atoms with E-state index < -0.39 is 29.0 Å². The molecule has 0 radical (unpaired) electrons. The second-order valence-electron chi connectivity index (χ2n) is 7.35. The number of hydrogen-bond acceptors (Lipinski definition) is 4. The van der Waals surface area contributed by atoms with Crippen molar-refractivity contribution in [3.05, 3.63) is 94.1 Å². The lowest BCUT2D eigenvalue weighted by molar-refractivity contribution is -0.128. The molecule has 2 heterocycles. The third-order valence-corrected chi connectivity index (χ3v) is 5.27. The summed E-state index contributed by atoms with van der Waals surface area (Å²) >= 11 is 0. The summed E-state index contributed by atoms with van der Waals surface area (Å²) in [7, 11) is 1.52. The molecule has 2 amide bonds. The van der Waals surface area contributed by atoms with Crippen LogP contribution in [-0.4, -0.2) is 34.0 Å². The van der Waals surface area contributed by atoms with E-state index in [-0.39, 0.29) is 29.2 Å². The zero-order chi connectivity index (χ0) is 22.8. The molecule has 3 aromatic rings. The molecule has 0 bridgehead atoms. The number of benzene rings is 2. The molecule has 0 aliphatic carbocycles. The van der Waals surface area contributed by atoms with Gasteiger partial charge in [-0.15, -0.1) is 0 Å². The van der Waals surface area contributed by atoms with E-state index in [1.54, 1.807) is 0 Å². The number of carbonyl (C=O) groups excluding carboxylic acids is 2. The largest absolute Gasteiger partial charge is 0.322 e. The van der Waals surface area contributed by atoms with Crippen molar-refractivity contribution in [3.63, 3.8) is 0 Å². The third-order valence-electron chi connectivity index (χ3n) is 5.27. The van der Waals surface area contributed by atoms with Crippen molar-refractivity contribution in [1.82, 2.24) is 15.1 Å². The number of hydrogen-bond donors (Lipinski definition) is 2. The summed E-state index contributed by atoms with van der Waals surface area (Å²) in [6.07, 6.45) is 2.80. The number of aromatic amines is 1. The number of rotatable bonds is 4. The van der Waals surface area contributed by atoms with Crippen LogP contribution in [-0.2, 0) is 9.59 Å². The maximum absolute atomic E-state index is 14.5. The predicted octanol–water partition coefficient (Wildman–Crippen LogP) is 3.18. The normalized spacial score (nSPS) is 16.0. The number of nitrogens with zero attached hydrogens (tertiary/aromatic N) is 2. The van der Waals surface area contributed by atoms with Crippen LogP contribution in [0.25, 0.3) is 11.1 Å². The molecule has 0 fully saturated rings. The van der Waals surface area contributed by atoms with Gasteiger partial charge in [0.05, 0.1) is 11.3 Å². The highest BCUT2D eigenvalue weighted by molar-refractivity contribution is 6.06. The van der Waals surface area contributed by atoms with E-state index in [0.29, 0.717) is 11.1 Å². The van der Waals surface area contributed by atoms with Gasteiger partial charge >= 0.3 is 0 Å². The molecule has 0 saturated carbocycles. The number of nitrogens with one attached hydrogen (secondary N) is 2. The third kappa shape index (κ3) is 4.18.